The fraction of sp³-hybridized carbons (Fsp3) is 1.00. The fourth-order valence-electron chi connectivity index (χ4n) is 2.75. The van der Waals surface area contributed by atoms with Crippen LogP contribution in [0.15, 0.2) is 0 Å². The lowest BCUT2D eigenvalue weighted by Crippen LogP contribution is -2.60. The molecule has 1 saturated heterocycles. The summed E-state index contributed by atoms with van der Waals surface area (Å²) in [5.41, 5.74) is -0.627. The highest BCUT2D eigenvalue weighted by Crippen LogP contribution is 2.39. The van der Waals surface area contributed by atoms with E-state index in [2.05, 4.69) is 19.6 Å². The molecule has 0 aromatic heterocycles. The molecule has 0 aliphatic carbocycles. The summed E-state index contributed by atoms with van der Waals surface area (Å²) in [6.45, 7) is 14.7. The van der Waals surface area contributed by atoms with Gasteiger partial charge in [0, 0.05) is 17.2 Å². The number of hydrogen-bond acceptors (Lipinski definition) is 3. The van der Waals surface area contributed by atoms with E-state index in [0.29, 0.717) is 0 Å². The molecule has 0 aromatic rings. The Hall–Kier alpha value is 0.0969. The molecule has 1 aliphatic rings. The Balaban J connectivity index is 2.79. The Kier molecular flexibility index (Phi) is 3.62. The van der Waals surface area contributed by atoms with Crippen molar-refractivity contribution >= 4 is 8.32 Å². The van der Waals surface area contributed by atoms with Gasteiger partial charge in [-0.25, -0.2) is 0 Å². The van der Waals surface area contributed by atoms with Gasteiger partial charge in [0.2, 0.25) is 0 Å². The molecule has 0 radical (unpaired) electrons. The van der Waals surface area contributed by atoms with Crippen molar-refractivity contribution in [3.05, 3.63) is 5.21 Å². The zero-order valence-corrected chi connectivity index (χ0v) is 12.8. The average molecular weight is 244 g/mol. The molecule has 1 fully saturated rings. The van der Waals surface area contributed by atoms with Crippen molar-refractivity contribution in [1.29, 1.82) is 0 Å². The molecule has 1 aliphatic heterocycles. The molecule has 3 nitrogen and oxygen atoms in total. The van der Waals surface area contributed by atoms with E-state index in [-0.39, 0.29) is 17.2 Å². The number of piperidine rings is 1. The highest BCUT2D eigenvalue weighted by Gasteiger charge is 2.41. The van der Waals surface area contributed by atoms with Gasteiger partial charge in [-0.3, -0.25) is 0 Å². The first-order chi connectivity index (χ1) is 6.94. The molecule has 0 aromatic carbocycles. The van der Waals surface area contributed by atoms with E-state index < -0.39 is 8.32 Å². The molecule has 1 rings (SSSR count). The third-order valence-electron chi connectivity index (χ3n) is 3.07. The second-order valence-electron chi connectivity index (χ2n) is 7.18. The number of hydroxylamine groups is 2. The predicted molar refractivity (Wildman–Crippen MR) is 70.8 cm³/mol. The van der Waals surface area contributed by atoms with Crippen molar-refractivity contribution in [1.82, 2.24) is 5.06 Å². The molecular weight excluding hydrogens is 218 g/mol. The van der Waals surface area contributed by atoms with Crippen LogP contribution in [0.4, 0.5) is 0 Å². The molecule has 0 saturated carbocycles. The predicted octanol–water partition coefficient (Wildman–Crippen LogP) is 3.36. The molecule has 0 unspecified atom stereocenters. The van der Waals surface area contributed by atoms with Gasteiger partial charge >= 0.3 is 0 Å². The minimum Gasteiger partial charge on any atom is -0.784 e. The van der Waals surface area contributed by atoms with Crippen LogP contribution < -0.4 is 0 Å². The molecule has 1 heterocycles. The third-order valence-corrected chi connectivity index (χ3v) is 4.11. The summed E-state index contributed by atoms with van der Waals surface area (Å²) < 4.78 is 6.17. The molecule has 0 bridgehead atoms. The molecule has 0 amide bonds. The van der Waals surface area contributed by atoms with E-state index in [1.807, 2.05) is 27.7 Å². The lowest BCUT2D eigenvalue weighted by Gasteiger charge is -2.60. The number of nitrogens with zero attached hydrogens (tertiary/aromatic N) is 1. The van der Waals surface area contributed by atoms with Gasteiger partial charge in [0.1, 0.15) is 0 Å². The van der Waals surface area contributed by atoms with Crippen molar-refractivity contribution in [2.45, 2.75) is 77.4 Å². The van der Waals surface area contributed by atoms with Gasteiger partial charge in [0.25, 0.3) is 0 Å². The van der Waals surface area contributed by atoms with Crippen LogP contribution in [-0.2, 0) is 4.43 Å². The van der Waals surface area contributed by atoms with Gasteiger partial charge in [-0.05, 0) is 60.2 Å². The Morgan fingerprint density at radius 1 is 1.06 bits per heavy atom. The first-order valence-electron chi connectivity index (χ1n) is 6.09. The second kappa shape index (κ2) is 4.09. The van der Waals surface area contributed by atoms with Crippen LogP contribution in [0.1, 0.15) is 40.5 Å². The Bertz CT molecular complexity index is 240. The zero-order valence-electron chi connectivity index (χ0n) is 11.8. The monoisotopic (exact) mass is 244 g/mol. The third kappa shape index (κ3) is 3.29. The normalized spacial score (nSPS) is 27.0. The SMILES string of the molecule is CC1(C)CC(O[Si](C)(C)C)CC(C)(C)N1[O-]. The minimum atomic E-state index is -1.51. The van der Waals surface area contributed by atoms with E-state index in [9.17, 15) is 5.21 Å². The summed E-state index contributed by atoms with van der Waals surface area (Å²) in [6.07, 6.45) is 1.91. The van der Waals surface area contributed by atoms with Crippen LogP contribution in [0.25, 0.3) is 0 Å². The molecule has 0 N–H and O–H groups in total. The standard InChI is InChI=1S/C12H26NO2Si/c1-11(2)8-10(15-16(5,6)7)9-12(3,4)13(11)14/h10H,8-9H2,1-7H3/q-1. The maximum atomic E-state index is 12.2. The molecule has 16 heavy (non-hydrogen) atoms. The molecule has 0 spiro atoms. The van der Waals surface area contributed by atoms with Crippen LogP contribution in [0.5, 0.6) is 0 Å². The average Bonchev–Trinajstić information content (AvgIpc) is 1.95. The van der Waals surface area contributed by atoms with Gasteiger partial charge in [-0.1, -0.05) is 0 Å². The fourth-order valence-corrected chi connectivity index (χ4v) is 3.92. The Labute approximate surface area is 101 Å². The van der Waals surface area contributed by atoms with Crippen LogP contribution >= 0.6 is 0 Å². The van der Waals surface area contributed by atoms with E-state index in [0.717, 1.165) is 12.8 Å². The van der Waals surface area contributed by atoms with Crippen molar-refractivity contribution in [2.24, 2.45) is 0 Å². The van der Waals surface area contributed by atoms with Gasteiger partial charge in [-0.15, -0.1) is 0 Å². The second-order valence-corrected chi connectivity index (χ2v) is 11.6. The summed E-state index contributed by atoms with van der Waals surface area (Å²) in [7, 11) is -1.51. The summed E-state index contributed by atoms with van der Waals surface area (Å²) in [6, 6.07) is 0. The van der Waals surface area contributed by atoms with Crippen molar-refractivity contribution < 1.29 is 4.43 Å². The first kappa shape index (κ1) is 14.2. The van der Waals surface area contributed by atoms with E-state index >= 15 is 0 Å². The maximum Gasteiger partial charge on any atom is 0.184 e. The maximum absolute atomic E-state index is 12.2. The van der Waals surface area contributed by atoms with E-state index in [4.69, 9.17) is 4.43 Å². The first-order valence-corrected chi connectivity index (χ1v) is 9.50. The Morgan fingerprint density at radius 2 is 1.44 bits per heavy atom. The van der Waals surface area contributed by atoms with Gasteiger partial charge in [-0.2, -0.15) is 0 Å². The Morgan fingerprint density at radius 3 is 1.75 bits per heavy atom. The van der Waals surface area contributed by atoms with Crippen molar-refractivity contribution in [3.8, 4) is 0 Å². The summed E-state index contributed by atoms with van der Waals surface area (Å²) in [4.78, 5) is 0. The number of hydrogen-bond donors (Lipinski definition) is 0. The largest absolute Gasteiger partial charge is 0.784 e. The van der Waals surface area contributed by atoms with Gasteiger partial charge in [0.15, 0.2) is 8.32 Å². The van der Waals surface area contributed by atoms with Crippen LogP contribution in [-0.4, -0.2) is 30.6 Å². The topological polar surface area (TPSA) is 35.5 Å². The molecule has 0 atom stereocenters. The number of rotatable bonds is 2. The molecular formula is C12H26NO2Si-. The lowest BCUT2D eigenvalue weighted by molar-refractivity contribution is -0.0432. The summed E-state index contributed by atoms with van der Waals surface area (Å²) in [5.74, 6) is 0. The smallest absolute Gasteiger partial charge is 0.184 e. The minimum absolute atomic E-state index is 0.238. The lowest BCUT2D eigenvalue weighted by atomic mass is 9.80. The van der Waals surface area contributed by atoms with Crippen LogP contribution in [0, 0.1) is 5.21 Å². The highest BCUT2D eigenvalue weighted by molar-refractivity contribution is 6.69. The molecule has 4 heteroatoms. The van der Waals surface area contributed by atoms with Crippen LogP contribution in [0.3, 0.4) is 0 Å². The van der Waals surface area contributed by atoms with Gasteiger partial charge < -0.3 is 14.7 Å². The summed E-state index contributed by atoms with van der Waals surface area (Å²) in [5, 5.41) is 13.4. The molecule has 96 valence electrons. The van der Waals surface area contributed by atoms with Crippen LogP contribution in [0.2, 0.25) is 19.6 Å². The van der Waals surface area contributed by atoms with Gasteiger partial charge in [0.05, 0.1) is 0 Å². The van der Waals surface area contributed by atoms with Crippen molar-refractivity contribution in [3.63, 3.8) is 0 Å². The summed E-state index contributed by atoms with van der Waals surface area (Å²) >= 11 is 0. The zero-order chi connectivity index (χ0) is 12.8. The van der Waals surface area contributed by atoms with E-state index in [1.54, 1.807) is 0 Å². The highest BCUT2D eigenvalue weighted by atomic mass is 28.4. The quantitative estimate of drug-likeness (QED) is 0.699. The van der Waals surface area contributed by atoms with E-state index in [1.165, 1.54) is 5.06 Å². The van der Waals surface area contributed by atoms with Crippen molar-refractivity contribution in [2.75, 3.05) is 0 Å².